The number of halogens is 2. The molecule has 1 saturated carbocycles. The van der Waals surface area contributed by atoms with Crippen LogP contribution >= 0.6 is 0 Å². The van der Waals surface area contributed by atoms with Gasteiger partial charge in [-0.3, -0.25) is 4.79 Å². The molecule has 4 aliphatic rings. The SMILES string of the molecule is O=C(O[C@H]1C[N+]2(Cc3ccc(F)cc3)CCC1CC2)C1(c2ccccc2)CCCCCC1.[Br-]. The first-order valence-corrected chi connectivity index (χ1v) is 12.4. The Balaban J connectivity index is 0.00000259. The number of ether oxygens (including phenoxy) is 1. The van der Waals surface area contributed by atoms with E-state index in [1.807, 2.05) is 30.3 Å². The maximum atomic E-state index is 13.8. The van der Waals surface area contributed by atoms with E-state index in [2.05, 4.69) is 12.1 Å². The summed E-state index contributed by atoms with van der Waals surface area (Å²) in [7, 11) is 0. The van der Waals surface area contributed by atoms with Crippen LogP contribution in [0.5, 0.6) is 0 Å². The number of hydrogen-bond acceptors (Lipinski definition) is 2. The lowest BCUT2D eigenvalue weighted by atomic mass is 9.74. The van der Waals surface area contributed by atoms with E-state index in [1.165, 1.54) is 18.4 Å². The molecule has 0 radical (unpaired) electrons. The van der Waals surface area contributed by atoms with Gasteiger partial charge in [-0.05, 0) is 30.5 Å². The van der Waals surface area contributed by atoms with Gasteiger partial charge in [0.05, 0.1) is 18.5 Å². The van der Waals surface area contributed by atoms with Crippen molar-refractivity contribution in [3.63, 3.8) is 0 Å². The van der Waals surface area contributed by atoms with Gasteiger partial charge < -0.3 is 26.2 Å². The molecule has 0 spiro atoms. The minimum atomic E-state index is -0.494. The van der Waals surface area contributed by atoms with E-state index >= 15 is 0 Å². The molecule has 2 aromatic carbocycles. The molecule has 3 heterocycles. The van der Waals surface area contributed by atoms with Crippen LogP contribution in [0.4, 0.5) is 4.39 Å². The fourth-order valence-corrected chi connectivity index (χ4v) is 6.50. The molecule has 2 bridgehead atoms. The Morgan fingerprint density at radius 3 is 2.21 bits per heavy atom. The second-order valence-corrected chi connectivity index (χ2v) is 10.4. The molecule has 2 aromatic rings. The fourth-order valence-electron chi connectivity index (χ4n) is 6.50. The molecule has 178 valence electrons. The van der Waals surface area contributed by atoms with E-state index < -0.39 is 5.41 Å². The molecule has 1 atom stereocenters. The smallest absolute Gasteiger partial charge is 0.317 e. The molecule has 3 saturated heterocycles. The van der Waals surface area contributed by atoms with Crippen molar-refractivity contribution in [2.45, 2.75) is 69.4 Å². The van der Waals surface area contributed by atoms with Crippen molar-refractivity contribution in [3.8, 4) is 0 Å². The Hall–Kier alpha value is -1.72. The molecule has 6 rings (SSSR count). The van der Waals surface area contributed by atoms with Gasteiger partial charge in [0.2, 0.25) is 0 Å². The monoisotopic (exact) mass is 515 g/mol. The van der Waals surface area contributed by atoms with Crippen molar-refractivity contribution >= 4 is 5.97 Å². The number of carbonyl (C=O) groups is 1. The summed E-state index contributed by atoms with van der Waals surface area (Å²) in [5.74, 6) is 0.294. The van der Waals surface area contributed by atoms with Gasteiger partial charge in [0.1, 0.15) is 18.9 Å². The van der Waals surface area contributed by atoms with Crippen LogP contribution in [0, 0.1) is 11.7 Å². The molecule has 3 nitrogen and oxygen atoms in total. The van der Waals surface area contributed by atoms with Gasteiger partial charge >= 0.3 is 5.97 Å². The van der Waals surface area contributed by atoms with Gasteiger partial charge in [-0.2, -0.15) is 0 Å². The summed E-state index contributed by atoms with van der Waals surface area (Å²) in [4.78, 5) is 13.8. The Labute approximate surface area is 207 Å². The van der Waals surface area contributed by atoms with Crippen LogP contribution in [0.15, 0.2) is 54.6 Å². The average molecular weight is 516 g/mol. The quantitative estimate of drug-likeness (QED) is 0.347. The van der Waals surface area contributed by atoms with Gasteiger partial charge in [-0.25, -0.2) is 4.39 Å². The third-order valence-electron chi connectivity index (χ3n) is 8.41. The Morgan fingerprint density at radius 2 is 1.58 bits per heavy atom. The van der Waals surface area contributed by atoms with Gasteiger partial charge in [0.25, 0.3) is 0 Å². The summed E-state index contributed by atoms with van der Waals surface area (Å²) in [6, 6.07) is 17.3. The van der Waals surface area contributed by atoms with Crippen LogP contribution in [-0.2, 0) is 21.5 Å². The summed E-state index contributed by atoms with van der Waals surface area (Å²) in [5.41, 5.74) is 1.80. The zero-order valence-electron chi connectivity index (χ0n) is 19.4. The lowest BCUT2D eigenvalue weighted by Crippen LogP contribution is -3.00. The Morgan fingerprint density at radius 1 is 0.939 bits per heavy atom. The lowest BCUT2D eigenvalue weighted by molar-refractivity contribution is -0.958. The van der Waals surface area contributed by atoms with E-state index in [0.29, 0.717) is 5.92 Å². The molecule has 33 heavy (non-hydrogen) atoms. The van der Waals surface area contributed by atoms with Crippen molar-refractivity contribution in [1.29, 1.82) is 0 Å². The van der Waals surface area contributed by atoms with Crippen molar-refractivity contribution in [2.75, 3.05) is 19.6 Å². The number of nitrogens with zero attached hydrogens (tertiary/aromatic N) is 1. The molecule has 1 aliphatic carbocycles. The van der Waals surface area contributed by atoms with Crippen LogP contribution in [0.25, 0.3) is 0 Å². The summed E-state index contributed by atoms with van der Waals surface area (Å²) in [5, 5.41) is 0. The maximum Gasteiger partial charge on any atom is 0.317 e. The fraction of sp³-hybridized carbons (Fsp3) is 0.536. The van der Waals surface area contributed by atoms with Crippen LogP contribution in [0.1, 0.15) is 62.5 Å². The van der Waals surface area contributed by atoms with Crippen LogP contribution < -0.4 is 17.0 Å². The predicted molar refractivity (Wildman–Crippen MR) is 123 cm³/mol. The number of fused-ring (bicyclic) bond motifs is 3. The summed E-state index contributed by atoms with van der Waals surface area (Å²) in [6.45, 7) is 4.03. The van der Waals surface area contributed by atoms with Crippen molar-refractivity contribution in [2.24, 2.45) is 5.92 Å². The first kappa shape index (κ1) is 24.4. The topological polar surface area (TPSA) is 26.3 Å². The molecule has 4 fully saturated rings. The first-order chi connectivity index (χ1) is 15.6. The maximum absolute atomic E-state index is 13.8. The molecule has 0 aromatic heterocycles. The second-order valence-electron chi connectivity index (χ2n) is 10.4. The van der Waals surface area contributed by atoms with E-state index in [4.69, 9.17) is 4.74 Å². The standard InChI is InChI=1S/C28H35FNO2.BrH/c29-25-12-10-22(11-13-25)20-30-18-14-23(15-19-30)26(21-30)32-27(31)28(16-6-1-2-7-17-28)24-8-4-3-5-9-24;/h3-5,8-13,23,26H,1-2,6-7,14-21H2;1H/q+1;/p-1/t23?,26-,30?;/m0./s1. The van der Waals surface area contributed by atoms with Crippen LogP contribution in [0.2, 0.25) is 0 Å². The minimum absolute atomic E-state index is 0. The van der Waals surface area contributed by atoms with Crippen molar-refractivity contribution < 1.29 is 35.4 Å². The highest BCUT2D eigenvalue weighted by molar-refractivity contribution is 5.83. The third-order valence-corrected chi connectivity index (χ3v) is 8.41. The zero-order valence-corrected chi connectivity index (χ0v) is 20.9. The Bertz CT molecular complexity index is 917. The van der Waals surface area contributed by atoms with E-state index in [-0.39, 0.29) is 34.9 Å². The van der Waals surface area contributed by atoms with E-state index in [1.54, 1.807) is 12.1 Å². The molecular weight excluding hydrogens is 481 g/mol. The lowest BCUT2D eigenvalue weighted by Gasteiger charge is -2.52. The van der Waals surface area contributed by atoms with E-state index in [0.717, 1.165) is 74.8 Å². The minimum Gasteiger partial charge on any atom is -1.00 e. The molecular formula is C28H35BrFNO2. The first-order valence-electron chi connectivity index (χ1n) is 12.4. The zero-order chi connectivity index (χ0) is 22.0. The number of carbonyl (C=O) groups excluding carboxylic acids is 1. The molecule has 3 aliphatic heterocycles. The molecule has 0 N–H and O–H groups in total. The number of quaternary nitrogens is 1. The molecule has 5 heteroatoms. The average Bonchev–Trinajstić information content (AvgIpc) is 3.09. The molecule has 0 unspecified atom stereocenters. The van der Waals surface area contributed by atoms with Gasteiger partial charge in [-0.1, -0.05) is 68.1 Å². The number of esters is 1. The summed E-state index contributed by atoms with van der Waals surface area (Å²) >= 11 is 0. The van der Waals surface area contributed by atoms with Gasteiger partial charge in [0.15, 0.2) is 6.10 Å². The van der Waals surface area contributed by atoms with Crippen LogP contribution in [-0.4, -0.2) is 36.2 Å². The van der Waals surface area contributed by atoms with Gasteiger partial charge in [-0.15, -0.1) is 0 Å². The number of hydrogen-bond donors (Lipinski definition) is 0. The summed E-state index contributed by atoms with van der Waals surface area (Å²) < 4.78 is 20.8. The van der Waals surface area contributed by atoms with Gasteiger partial charge in [0, 0.05) is 24.3 Å². The normalized spacial score (nSPS) is 28.4. The van der Waals surface area contributed by atoms with E-state index in [9.17, 15) is 9.18 Å². The Kier molecular flexibility index (Phi) is 7.59. The highest BCUT2D eigenvalue weighted by atomic mass is 79.9. The van der Waals surface area contributed by atoms with Crippen molar-refractivity contribution in [3.05, 3.63) is 71.5 Å². The third kappa shape index (κ3) is 5.05. The number of rotatable bonds is 5. The number of piperidine rings is 3. The summed E-state index contributed by atoms with van der Waals surface area (Å²) in [6.07, 6.45) is 8.57. The predicted octanol–water partition coefficient (Wildman–Crippen LogP) is 2.77. The largest absolute Gasteiger partial charge is 1.00 e. The highest BCUT2D eigenvalue weighted by Gasteiger charge is 2.50. The molecule has 0 amide bonds. The number of benzene rings is 2. The van der Waals surface area contributed by atoms with Crippen molar-refractivity contribution in [1.82, 2.24) is 0 Å². The van der Waals surface area contributed by atoms with Crippen LogP contribution in [0.3, 0.4) is 0 Å². The highest BCUT2D eigenvalue weighted by Crippen LogP contribution is 2.42. The second kappa shape index (κ2) is 10.3.